The minimum absolute atomic E-state index is 0.108. The van der Waals surface area contributed by atoms with E-state index in [0.717, 1.165) is 0 Å². The number of hydrogen-bond donors (Lipinski definition) is 4. The lowest BCUT2D eigenvalue weighted by Crippen LogP contribution is -2.56. The molecule has 4 N–H and O–H groups in total. The van der Waals surface area contributed by atoms with Gasteiger partial charge in [0.05, 0.1) is 26.2 Å². The first kappa shape index (κ1) is 20.8. The van der Waals surface area contributed by atoms with Gasteiger partial charge in [-0.15, -0.1) is 0 Å². The van der Waals surface area contributed by atoms with Gasteiger partial charge in [0.1, 0.15) is 0 Å². The molecule has 0 saturated heterocycles. The minimum Gasteiger partial charge on any atom is -0.480 e. The van der Waals surface area contributed by atoms with Crippen LogP contribution in [0.1, 0.15) is 20.3 Å². The van der Waals surface area contributed by atoms with Gasteiger partial charge in [-0.2, -0.15) is 0 Å². The lowest BCUT2D eigenvalue weighted by molar-refractivity contribution is -0.148. The van der Waals surface area contributed by atoms with Gasteiger partial charge < -0.3 is 20.4 Å². The highest BCUT2D eigenvalue weighted by molar-refractivity contribution is 5.73. The van der Waals surface area contributed by atoms with E-state index in [1.165, 1.54) is 9.80 Å². The quantitative estimate of drug-likeness (QED) is 0.394. The zero-order valence-corrected chi connectivity index (χ0v) is 14.2. The summed E-state index contributed by atoms with van der Waals surface area (Å²) in [5.41, 5.74) is 0. The van der Waals surface area contributed by atoms with Crippen LogP contribution in [0, 0.1) is 11.8 Å². The third kappa shape index (κ3) is 5.98. The number of carboxylic acid groups (broad SMARTS) is 4. The van der Waals surface area contributed by atoms with Crippen molar-refractivity contribution in [1.82, 2.24) is 9.80 Å². The second-order valence-corrected chi connectivity index (χ2v) is 6.56. The number of carboxylic acids is 4. The second kappa shape index (κ2) is 8.77. The molecular formula is C15H24N2O8. The van der Waals surface area contributed by atoms with Crippen molar-refractivity contribution in [3.63, 3.8) is 0 Å². The summed E-state index contributed by atoms with van der Waals surface area (Å²) < 4.78 is 0. The van der Waals surface area contributed by atoms with Gasteiger partial charge in [-0.3, -0.25) is 29.0 Å². The molecule has 0 radical (unpaired) electrons. The van der Waals surface area contributed by atoms with E-state index in [4.69, 9.17) is 20.4 Å². The van der Waals surface area contributed by atoms with Crippen LogP contribution >= 0.6 is 0 Å². The molecule has 142 valence electrons. The van der Waals surface area contributed by atoms with E-state index in [9.17, 15) is 19.2 Å². The van der Waals surface area contributed by atoms with Crippen LogP contribution in [0.15, 0.2) is 0 Å². The predicted octanol–water partition coefficient (Wildman–Crippen LogP) is -0.658. The molecule has 0 aromatic heterocycles. The number of aliphatic carboxylic acids is 4. The summed E-state index contributed by atoms with van der Waals surface area (Å²) in [5, 5.41) is 36.4. The van der Waals surface area contributed by atoms with E-state index < -0.39 is 62.1 Å². The molecule has 1 aliphatic carbocycles. The third-order valence-corrected chi connectivity index (χ3v) is 4.46. The molecule has 0 aliphatic heterocycles. The minimum atomic E-state index is -1.20. The van der Waals surface area contributed by atoms with Gasteiger partial charge >= 0.3 is 23.9 Å². The molecule has 0 bridgehead atoms. The van der Waals surface area contributed by atoms with Crippen LogP contribution < -0.4 is 0 Å². The number of rotatable bonds is 10. The molecule has 0 amide bonds. The standard InChI is InChI=1S/C15H24N2O8/c1-8-3-9(2)15(17(6-12(22)23)7-13(24)25)14(8)16(4-10(18)19)5-11(20)21/h8-9,14-15H,3-7H2,1-2H3,(H,18,19)(H,20,21)(H,22,23)(H,24,25). The Labute approximate surface area is 144 Å². The first-order chi connectivity index (χ1) is 11.5. The first-order valence-electron chi connectivity index (χ1n) is 7.88. The fourth-order valence-electron chi connectivity index (χ4n) is 3.92. The highest BCUT2D eigenvalue weighted by Crippen LogP contribution is 2.37. The van der Waals surface area contributed by atoms with Gasteiger partial charge in [-0.25, -0.2) is 0 Å². The SMILES string of the molecule is CC1CC(C)C(N(CC(=O)O)CC(=O)O)C1N(CC(=O)O)CC(=O)O. The van der Waals surface area contributed by atoms with Crippen molar-refractivity contribution < 1.29 is 39.6 Å². The Bertz CT molecular complexity index is 460. The molecule has 1 fully saturated rings. The van der Waals surface area contributed by atoms with Crippen LogP contribution in [0.3, 0.4) is 0 Å². The summed E-state index contributed by atoms with van der Waals surface area (Å²) in [6.07, 6.45) is 0.612. The Hall–Kier alpha value is -2.20. The highest BCUT2D eigenvalue weighted by atomic mass is 16.4. The van der Waals surface area contributed by atoms with Crippen LogP contribution in [-0.4, -0.2) is 92.4 Å². The molecule has 1 saturated carbocycles. The van der Waals surface area contributed by atoms with Gasteiger partial charge in [-0.05, 0) is 18.3 Å². The zero-order chi connectivity index (χ0) is 19.3. The largest absolute Gasteiger partial charge is 0.480 e. The topological polar surface area (TPSA) is 156 Å². The fraction of sp³-hybridized carbons (Fsp3) is 0.733. The Morgan fingerprint density at radius 1 is 0.680 bits per heavy atom. The molecule has 0 spiro atoms. The van der Waals surface area contributed by atoms with Crippen molar-refractivity contribution in [2.75, 3.05) is 26.2 Å². The Kier molecular flexibility index (Phi) is 7.31. The molecule has 1 aliphatic rings. The van der Waals surface area contributed by atoms with Crippen molar-refractivity contribution in [1.29, 1.82) is 0 Å². The van der Waals surface area contributed by atoms with Gasteiger partial charge in [0.25, 0.3) is 0 Å². The number of nitrogens with zero attached hydrogens (tertiary/aromatic N) is 2. The summed E-state index contributed by atoms with van der Waals surface area (Å²) in [6.45, 7) is 1.60. The van der Waals surface area contributed by atoms with Gasteiger partial charge in [0.2, 0.25) is 0 Å². The van der Waals surface area contributed by atoms with Crippen LogP contribution in [0.4, 0.5) is 0 Å². The Morgan fingerprint density at radius 2 is 0.920 bits per heavy atom. The van der Waals surface area contributed by atoms with E-state index in [-0.39, 0.29) is 11.8 Å². The van der Waals surface area contributed by atoms with E-state index in [2.05, 4.69) is 0 Å². The zero-order valence-electron chi connectivity index (χ0n) is 14.2. The molecule has 0 aromatic rings. The summed E-state index contributed by atoms with van der Waals surface area (Å²) in [6, 6.07) is -1.14. The smallest absolute Gasteiger partial charge is 0.317 e. The van der Waals surface area contributed by atoms with Crippen molar-refractivity contribution >= 4 is 23.9 Å². The molecule has 4 atom stereocenters. The maximum Gasteiger partial charge on any atom is 0.317 e. The number of carbonyl (C=O) groups is 4. The molecule has 0 aromatic carbocycles. The summed E-state index contributed by atoms with van der Waals surface area (Å²) in [5.74, 6) is -5.01. The fourth-order valence-corrected chi connectivity index (χ4v) is 3.92. The first-order valence-corrected chi connectivity index (χ1v) is 7.88. The van der Waals surface area contributed by atoms with Gasteiger partial charge in [-0.1, -0.05) is 13.8 Å². The van der Waals surface area contributed by atoms with Crippen molar-refractivity contribution in [2.45, 2.75) is 32.4 Å². The van der Waals surface area contributed by atoms with Crippen LogP contribution in [0.2, 0.25) is 0 Å². The van der Waals surface area contributed by atoms with E-state index in [1.54, 1.807) is 0 Å². The molecule has 4 unspecified atom stereocenters. The Balaban J connectivity index is 3.20. The monoisotopic (exact) mass is 360 g/mol. The summed E-state index contributed by atoms with van der Waals surface area (Å²) in [4.78, 5) is 47.1. The third-order valence-electron chi connectivity index (χ3n) is 4.46. The average Bonchev–Trinajstić information content (AvgIpc) is 2.69. The van der Waals surface area contributed by atoms with Gasteiger partial charge in [0, 0.05) is 12.1 Å². The van der Waals surface area contributed by atoms with Crippen LogP contribution in [0.5, 0.6) is 0 Å². The maximum absolute atomic E-state index is 11.1. The molecule has 25 heavy (non-hydrogen) atoms. The van der Waals surface area contributed by atoms with Crippen molar-refractivity contribution in [3.05, 3.63) is 0 Å². The molecular weight excluding hydrogens is 336 g/mol. The summed E-state index contributed by atoms with van der Waals surface area (Å²) >= 11 is 0. The van der Waals surface area contributed by atoms with Crippen LogP contribution in [-0.2, 0) is 19.2 Å². The van der Waals surface area contributed by atoms with E-state index >= 15 is 0 Å². The van der Waals surface area contributed by atoms with Crippen molar-refractivity contribution in [2.24, 2.45) is 11.8 Å². The van der Waals surface area contributed by atoms with Gasteiger partial charge in [0.15, 0.2) is 0 Å². The molecule has 1 rings (SSSR count). The lowest BCUT2D eigenvalue weighted by atomic mass is 9.98. The van der Waals surface area contributed by atoms with E-state index in [1.807, 2.05) is 13.8 Å². The maximum atomic E-state index is 11.1. The predicted molar refractivity (Wildman–Crippen MR) is 84.2 cm³/mol. The second-order valence-electron chi connectivity index (χ2n) is 6.56. The molecule has 0 heterocycles. The van der Waals surface area contributed by atoms with Crippen LogP contribution in [0.25, 0.3) is 0 Å². The molecule has 10 nitrogen and oxygen atoms in total. The van der Waals surface area contributed by atoms with Crippen molar-refractivity contribution in [3.8, 4) is 0 Å². The summed E-state index contributed by atoms with van der Waals surface area (Å²) in [7, 11) is 0. The molecule has 10 heteroatoms. The van der Waals surface area contributed by atoms with E-state index in [0.29, 0.717) is 6.42 Å². The lowest BCUT2D eigenvalue weighted by Gasteiger charge is -2.39. The Morgan fingerprint density at radius 3 is 1.12 bits per heavy atom. The average molecular weight is 360 g/mol. The highest BCUT2D eigenvalue weighted by Gasteiger charge is 2.46. The normalized spacial score (nSPS) is 26.1. The number of hydrogen-bond acceptors (Lipinski definition) is 6.